The topological polar surface area (TPSA) is 79.3 Å². The second-order valence-electron chi connectivity index (χ2n) is 4.12. The molecule has 1 heterocycles. The number of aromatic carboxylic acids is 1. The van der Waals surface area contributed by atoms with Gasteiger partial charge in [-0.2, -0.15) is 0 Å². The maximum Gasteiger partial charge on any atom is 0.337 e. The van der Waals surface area contributed by atoms with Crippen molar-refractivity contribution in [1.82, 2.24) is 4.98 Å². The van der Waals surface area contributed by atoms with Crippen molar-refractivity contribution in [3.05, 3.63) is 58.4 Å². The van der Waals surface area contributed by atoms with Crippen LogP contribution in [0, 0.1) is 6.92 Å². The number of carboxylic acid groups (broad SMARTS) is 1. The first-order chi connectivity index (χ1) is 9.49. The summed E-state index contributed by atoms with van der Waals surface area (Å²) >= 11 is 5.84. The predicted molar refractivity (Wildman–Crippen MR) is 75.3 cm³/mol. The van der Waals surface area contributed by atoms with Gasteiger partial charge in [0, 0.05) is 11.9 Å². The molecule has 0 spiro atoms. The van der Waals surface area contributed by atoms with E-state index < -0.39 is 5.97 Å². The molecular weight excluding hydrogens is 280 g/mol. The molecule has 1 aromatic heterocycles. The first-order valence-corrected chi connectivity index (χ1v) is 6.12. The Morgan fingerprint density at radius 1 is 1.30 bits per heavy atom. The average molecular weight is 291 g/mol. The van der Waals surface area contributed by atoms with Gasteiger partial charge in [-0.3, -0.25) is 9.78 Å². The van der Waals surface area contributed by atoms with Crippen molar-refractivity contribution in [2.45, 2.75) is 6.92 Å². The lowest BCUT2D eigenvalue weighted by molar-refractivity contribution is 0.0697. The van der Waals surface area contributed by atoms with Gasteiger partial charge in [0.1, 0.15) is 5.69 Å². The van der Waals surface area contributed by atoms with E-state index in [1.807, 2.05) is 0 Å². The number of nitrogens with one attached hydrogen (secondary N) is 1. The molecule has 0 aliphatic rings. The van der Waals surface area contributed by atoms with Crippen molar-refractivity contribution in [1.29, 1.82) is 0 Å². The molecule has 0 aliphatic heterocycles. The van der Waals surface area contributed by atoms with Gasteiger partial charge in [-0.25, -0.2) is 4.79 Å². The van der Waals surface area contributed by atoms with E-state index in [4.69, 9.17) is 16.7 Å². The quantitative estimate of drug-likeness (QED) is 0.911. The van der Waals surface area contributed by atoms with Crippen molar-refractivity contribution >= 4 is 29.2 Å². The van der Waals surface area contributed by atoms with Crippen molar-refractivity contribution in [2.75, 3.05) is 5.32 Å². The molecule has 1 amide bonds. The van der Waals surface area contributed by atoms with Crippen LogP contribution in [0.4, 0.5) is 5.69 Å². The molecule has 2 N–H and O–H groups in total. The minimum Gasteiger partial charge on any atom is -0.478 e. The zero-order valence-corrected chi connectivity index (χ0v) is 11.3. The summed E-state index contributed by atoms with van der Waals surface area (Å²) in [6.45, 7) is 1.78. The van der Waals surface area contributed by atoms with Crippen LogP contribution in [0.25, 0.3) is 0 Å². The molecule has 2 rings (SSSR count). The number of aromatic nitrogens is 1. The van der Waals surface area contributed by atoms with E-state index in [1.165, 1.54) is 24.4 Å². The van der Waals surface area contributed by atoms with Crippen LogP contribution in [0.3, 0.4) is 0 Å². The van der Waals surface area contributed by atoms with Gasteiger partial charge in [0.15, 0.2) is 0 Å². The number of pyridine rings is 1. The Morgan fingerprint density at radius 3 is 2.65 bits per heavy atom. The zero-order valence-electron chi connectivity index (χ0n) is 10.6. The summed E-state index contributed by atoms with van der Waals surface area (Å²) in [6.07, 6.45) is 1.53. The maximum atomic E-state index is 12.0. The molecule has 20 heavy (non-hydrogen) atoms. The van der Waals surface area contributed by atoms with Gasteiger partial charge in [0.2, 0.25) is 0 Å². The predicted octanol–water partition coefficient (Wildman–Crippen LogP) is 2.99. The van der Waals surface area contributed by atoms with Crippen LogP contribution >= 0.6 is 11.6 Å². The molecule has 0 unspecified atom stereocenters. The van der Waals surface area contributed by atoms with Crippen LogP contribution in [-0.2, 0) is 0 Å². The summed E-state index contributed by atoms with van der Waals surface area (Å²) in [6, 6.07) is 7.73. The van der Waals surface area contributed by atoms with Gasteiger partial charge >= 0.3 is 5.97 Å². The number of aryl methyl sites for hydroxylation is 1. The first-order valence-electron chi connectivity index (χ1n) is 5.75. The van der Waals surface area contributed by atoms with Crippen LogP contribution < -0.4 is 5.32 Å². The normalized spacial score (nSPS) is 10.1. The minimum absolute atomic E-state index is 0.0151. The van der Waals surface area contributed by atoms with E-state index in [0.29, 0.717) is 11.4 Å². The van der Waals surface area contributed by atoms with E-state index >= 15 is 0 Å². The Morgan fingerprint density at radius 2 is 2.05 bits per heavy atom. The number of hydrogen-bond donors (Lipinski definition) is 2. The number of rotatable bonds is 3. The SMILES string of the molecule is Cc1cccnc1C(=O)Nc1ccc(C(=O)O)c(Cl)c1. The Bertz CT molecular complexity index is 686. The number of carbonyl (C=O) groups is 2. The molecule has 6 heteroatoms. The number of anilines is 1. The summed E-state index contributed by atoms with van der Waals surface area (Å²) < 4.78 is 0. The van der Waals surface area contributed by atoms with E-state index in [1.54, 1.807) is 19.1 Å². The van der Waals surface area contributed by atoms with Gasteiger partial charge in [0.05, 0.1) is 10.6 Å². The Balaban J connectivity index is 2.23. The average Bonchev–Trinajstić information content (AvgIpc) is 2.38. The fourth-order valence-corrected chi connectivity index (χ4v) is 1.94. The highest BCUT2D eigenvalue weighted by atomic mass is 35.5. The van der Waals surface area contributed by atoms with Crippen molar-refractivity contribution in [3.8, 4) is 0 Å². The van der Waals surface area contributed by atoms with Crippen LogP contribution in [0.2, 0.25) is 5.02 Å². The summed E-state index contributed by atoms with van der Waals surface area (Å²) in [5.41, 5.74) is 1.46. The molecule has 1 aromatic carbocycles. The second-order valence-corrected chi connectivity index (χ2v) is 4.53. The van der Waals surface area contributed by atoms with E-state index in [0.717, 1.165) is 5.56 Å². The fourth-order valence-electron chi connectivity index (χ4n) is 1.68. The summed E-state index contributed by atoms with van der Waals surface area (Å²) in [5.74, 6) is -1.49. The molecule has 2 aromatic rings. The number of halogens is 1. The first kappa shape index (κ1) is 14.0. The van der Waals surface area contributed by atoms with Gasteiger partial charge in [-0.05, 0) is 36.8 Å². The molecule has 0 fully saturated rings. The number of amides is 1. The monoisotopic (exact) mass is 290 g/mol. The molecule has 0 bridgehead atoms. The van der Waals surface area contributed by atoms with Crippen molar-refractivity contribution < 1.29 is 14.7 Å². The number of carbonyl (C=O) groups excluding carboxylic acids is 1. The standard InChI is InChI=1S/C14H11ClN2O3/c1-8-3-2-6-16-12(8)13(18)17-9-4-5-10(14(19)20)11(15)7-9/h2-7H,1H3,(H,17,18)(H,19,20). The third kappa shape index (κ3) is 2.95. The highest BCUT2D eigenvalue weighted by Crippen LogP contribution is 2.21. The number of nitrogens with zero attached hydrogens (tertiary/aromatic N) is 1. The van der Waals surface area contributed by atoms with Crippen LogP contribution in [0.15, 0.2) is 36.5 Å². The zero-order chi connectivity index (χ0) is 14.7. The van der Waals surface area contributed by atoms with Crippen molar-refractivity contribution in [2.24, 2.45) is 0 Å². The highest BCUT2D eigenvalue weighted by molar-refractivity contribution is 6.33. The lowest BCUT2D eigenvalue weighted by Gasteiger charge is -2.08. The molecule has 102 valence electrons. The van der Waals surface area contributed by atoms with Crippen LogP contribution in [0.1, 0.15) is 26.4 Å². The fraction of sp³-hybridized carbons (Fsp3) is 0.0714. The van der Waals surface area contributed by atoms with E-state index in [-0.39, 0.29) is 16.5 Å². The molecule has 0 saturated heterocycles. The largest absolute Gasteiger partial charge is 0.478 e. The number of hydrogen-bond acceptors (Lipinski definition) is 3. The van der Waals surface area contributed by atoms with Crippen LogP contribution in [-0.4, -0.2) is 22.0 Å². The number of benzene rings is 1. The van der Waals surface area contributed by atoms with Gasteiger partial charge in [-0.1, -0.05) is 17.7 Å². The molecular formula is C14H11ClN2O3. The molecule has 0 radical (unpaired) electrons. The molecule has 0 atom stereocenters. The molecule has 5 nitrogen and oxygen atoms in total. The lowest BCUT2D eigenvalue weighted by atomic mass is 10.2. The second kappa shape index (κ2) is 5.71. The molecule has 0 aliphatic carbocycles. The van der Waals surface area contributed by atoms with Gasteiger partial charge in [-0.15, -0.1) is 0 Å². The smallest absolute Gasteiger partial charge is 0.337 e. The minimum atomic E-state index is -1.12. The Labute approximate surface area is 120 Å². The van der Waals surface area contributed by atoms with Crippen molar-refractivity contribution in [3.63, 3.8) is 0 Å². The third-order valence-corrected chi connectivity index (χ3v) is 2.99. The maximum absolute atomic E-state index is 12.0. The van der Waals surface area contributed by atoms with Crippen LogP contribution in [0.5, 0.6) is 0 Å². The highest BCUT2D eigenvalue weighted by Gasteiger charge is 2.13. The summed E-state index contributed by atoms with van der Waals surface area (Å²) in [5, 5.41) is 11.6. The Hall–Kier alpha value is -2.40. The van der Waals surface area contributed by atoms with E-state index in [9.17, 15) is 9.59 Å². The number of carboxylic acids is 1. The lowest BCUT2D eigenvalue weighted by Crippen LogP contribution is -2.15. The van der Waals surface area contributed by atoms with Gasteiger partial charge in [0.25, 0.3) is 5.91 Å². The summed E-state index contributed by atoms with van der Waals surface area (Å²) in [4.78, 5) is 26.9. The van der Waals surface area contributed by atoms with Gasteiger partial charge < -0.3 is 10.4 Å². The van der Waals surface area contributed by atoms with E-state index in [2.05, 4.69) is 10.3 Å². The summed E-state index contributed by atoms with van der Waals surface area (Å²) in [7, 11) is 0. The third-order valence-electron chi connectivity index (χ3n) is 2.68. The molecule has 0 saturated carbocycles. The Kier molecular flexibility index (Phi) is 4.00.